The molecule has 1 atom stereocenters. The van der Waals surface area contributed by atoms with E-state index < -0.39 is 16.1 Å². The SMILES string of the molecule is O=C(c1cn[nH]c1[C@H]1CCCCN1S(=O)(=O)c1ccccc1)N1CCCCCC1. The highest BCUT2D eigenvalue weighted by atomic mass is 32.2. The molecule has 1 aromatic carbocycles. The van der Waals surface area contributed by atoms with Crippen LogP contribution in [0.25, 0.3) is 0 Å². The normalized spacial score (nSPS) is 21.7. The fourth-order valence-electron chi connectivity index (χ4n) is 4.37. The van der Waals surface area contributed by atoms with E-state index in [4.69, 9.17) is 0 Å². The van der Waals surface area contributed by atoms with Gasteiger partial charge in [0.05, 0.1) is 28.4 Å². The molecule has 0 spiro atoms. The molecular weight excluding hydrogens is 388 g/mol. The molecule has 2 aromatic rings. The molecular formula is C21H28N4O3S. The fourth-order valence-corrected chi connectivity index (χ4v) is 6.06. The van der Waals surface area contributed by atoms with Gasteiger partial charge in [0.1, 0.15) is 0 Å². The van der Waals surface area contributed by atoms with Crippen LogP contribution in [0.5, 0.6) is 0 Å². The van der Waals surface area contributed by atoms with E-state index in [-0.39, 0.29) is 10.8 Å². The summed E-state index contributed by atoms with van der Waals surface area (Å²) < 4.78 is 28.2. The van der Waals surface area contributed by atoms with Crippen LogP contribution in [0.1, 0.15) is 67.0 Å². The van der Waals surface area contributed by atoms with E-state index in [1.807, 2.05) is 4.90 Å². The molecule has 4 rings (SSSR count). The van der Waals surface area contributed by atoms with Gasteiger partial charge in [0.25, 0.3) is 5.91 Å². The van der Waals surface area contributed by atoms with Crippen molar-refractivity contribution in [3.8, 4) is 0 Å². The number of rotatable bonds is 4. The molecule has 0 bridgehead atoms. The third-order valence-electron chi connectivity index (χ3n) is 5.93. The van der Waals surface area contributed by atoms with Crippen molar-refractivity contribution in [2.24, 2.45) is 0 Å². The average molecular weight is 417 g/mol. The largest absolute Gasteiger partial charge is 0.339 e. The van der Waals surface area contributed by atoms with Crippen LogP contribution < -0.4 is 0 Å². The molecule has 2 saturated heterocycles. The van der Waals surface area contributed by atoms with Gasteiger partial charge >= 0.3 is 0 Å². The maximum Gasteiger partial charge on any atom is 0.257 e. The summed E-state index contributed by atoms with van der Waals surface area (Å²) in [6.07, 6.45) is 8.28. The molecule has 2 aliphatic rings. The first-order valence-corrected chi connectivity index (χ1v) is 11.9. The smallest absolute Gasteiger partial charge is 0.257 e. The zero-order valence-corrected chi connectivity index (χ0v) is 17.4. The third kappa shape index (κ3) is 4.09. The lowest BCUT2D eigenvalue weighted by Gasteiger charge is -2.34. The van der Waals surface area contributed by atoms with Gasteiger partial charge in [0, 0.05) is 19.6 Å². The number of carbonyl (C=O) groups excluding carboxylic acids is 1. The van der Waals surface area contributed by atoms with Crippen LogP contribution in [0.2, 0.25) is 0 Å². The second-order valence-corrected chi connectivity index (χ2v) is 9.73. The topological polar surface area (TPSA) is 86.4 Å². The number of aromatic amines is 1. The molecule has 3 heterocycles. The lowest BCUT2D eigenvalue weighted by atomic mass is 9.99. The second kappa shape index (κ2) is 8.67. The Morgan fingerprint density at radius 1 is 0.966 bits per heavy atom. The van der Waals surface area contributed by atoms with Crippen LogP contribution in [0, 0.1) is 0 Å². The Morgan fingerprint density at radius 2 is 1.66 bits per heavy atom. The van der Waals surface area contributed by atoms with E-state index in [1.165, 1.54) is 0 Å². The summed E-state index contributed by atoms with van der Waals surface area (Å²) in [5.74, 6) is -0.0433. The number of benzene rings is 1. The van der Waals surface area contributed by atoms with Crippen LogP contribution in [-0.4, -0.2) is 53.4 Å². The van der Waals surface area contributed by atoms with Gasteiger partial charge in [-0.3, -0.25) is 9.89 Å². The number of sulfonamides is 1. The van der Waals surface area contributed by atoms with Gasteiger partial charge in [-0.15, -0.1) is 0 Å². The standard InChI is InChI=1S/C21H28N4O3S/c26-21(24-13-7-1-2-8-14-24)18-16-22-23-20(18)19-12-6-9-15-25(19)29(27,28)17-10-4-3-5-11-17/h3-5,10-11,16,19H,1-2,6-9,12-15H2,(H,22,23)/t19-/m1/s1. The van der Waals surface area contributed by atoms with Crippen molar-refractivity contribution >= 4 is 15.9 Å². The third-order valence-corrected chi connectivity index (χ3v) is 7.85. The van der Waals surface area contributed by atoms with Crippen molar-refractivity contribution in [3.63, 3.8) is 0 Å². The Bertz CT molecular complexity index is 934. The van der Waals surface area contributed by atoms with Crippen molar-refractivity contribution in [1.82, 2.24) is 19.4 Å². The van der Waals surface area contributed by atoms with Crippen molar-refractivity contribution in [1.29, 1.82) is 0 Å². The predicted octanol–water partition coefficient (Wildman–Crippen LogP) is 3.34. The predicted molar refractivity (Wildman–Crippen MR) is 110 cm³/mol. The van der Waals surface area contributed by atoms with Crippen molar-refractivity contribution in [3.05, 3.63) is 47.8 Å². The van der Waals surface area contributed by atoms with Crippen molar-refractivity contribution in [2.45, 2.75) is 55.9 Å². The number of nitrogens with one attached hydrogen (secondary N) is 1. The van der Waals surface area contributed by atoms with Gasteiger partial charge < -0.3 is 4.90 Å². The first kappa shape index (κ1) is 20.1. The molecule has 7 nitrogen and oxygen atoms in total. The summed E-state index contributed by atoms with van der Waals surface area (Å²) in [6.45, 7) is 1.94. The maximum atomic E-state index is 13.3. The van der Waals surface area contributed by atoms with E-state index in [1.54, 1.807) is 40.8 Å². The number of carbonyl (C=O) groups is 1. The monoisotopic (exact) mass is 416 g/mol. The van der Waals surface area contributed by atoms with Gasteiger partial charge in [-0.1, -0.05) is 37.5 Å². The first-order valence-electron chi connectivity index (χ1n) is 10.5. The van der Waals surface area contributed by atoms with E-state index in [9.17, 15) is 13.2 Å². The molecule has 2 fully saturated rings. The summed E-state index contributed by atoms with van der Waals surface area (Å²) >= 11 is 0. The average Bonchev–Trinajstić information content (AvgIpc) is 3.08. The number of hydrogen-bond acceptors (Lipinski definition) is 4. The van der Waals surface area contributed by atoms with Crippen LogP contribution in [0.15, 0.2) is 41.4 Å². The minimum atomic E-state index is -3.65. The minimum absolute atomic E-state index is 0.0433. The Labute approximate surface area is 172 Å². The van der Waals surface area contributed by atoms with Gasteiger partial charge in [0.2, 0.25) is 10.0 Å². The molecule has 1 N–H and O–H groups in total. The maximum absolute atomic E-state index is 13.3. The quantitative estimate of drug-likeness (QED) is 0.828. The number of H-pyrrole nitrogens is 1. The number of piperidine rings is 1. The number of nitrogens with zero attached hydrogens (tertiary/aromatic N) is 3. The van der Waals surface area contributed by atoms with Gasteiger partial charge in [-0.05, 0) is 37.8 Å². The Balaban J connectivity index is 1.65. The Kier molecular flexibility index (Phi) is 6.01. The molecule has 0 radical (unpaired) electrons. The highest BCUT2D eigenvalue weighted by Crippen LogP contribution is 2.36. The summed E-state index contributed by atoms with van der Waals surface area (Å²) in [5.41, 5.74) is 1.13. The molecule has 0 unspecified atom stereocenters. The minimum Gasteiger partial charge on any atom is -0.339 e. The highest BCUT2D eigenvalue weighted by molar-refractivity contribution is 7.89. The number of aromatic nitrogens is 2. The lowest BCUT2D eigenvalue weighted by Crippen LogP contribution is -2.40. The number of hydrogen-bond donors (Lipinski definition) is 1. The molecule has 29 heavy (non-hydrogen) atoms. The van der Waals surface area contributed by atoms with E-state index >= 15 is 0 Å². The summed E-state index contributed by atoms with van der Waals surface area (Å²) in [7, 11) is -3.65. The lowest BCUT2D eigenvalue weighted by molar-refractivity contribution is 0.0758. The molecule has 0 saturated carbocycles. The molecule has 1 amide bonds. The van der Waals surface area contributed by atoms with Crippen LogP contribution in [0.4, 0.5) is 0 Å². The zero-order valence-electron chi connectivity index (χ0n) is 16.6. The molecule has 0 aliphatic carbocycles. The van der Waals surface area contributed by atoms with Crippen molar-refractivity contribution in [2.75, 3.05) is 19.6 Å². The van der Waals surface area contributed by atoms with Crippen LogP contribution in [0.3, 0.4) is 0 Å². The Morgan fingerprint density at radius 3 is 2.38 bits per heavy atom. The van der Waals surface area contributed by atoms with Crippen LogP contribution in [-0.2, 0) is 10.0 Å². The second-order valence-electron chi connectivity index (χ2n) is 7.84. The first-order chi connectivity index (χ1) is 14.1. The van der Waals surface area contributed by atoms with E-state index in [0.717, 1.165) is 51.6 Å². The summed E-state index contributed by atoms with van der Waals surface area (Å²) in [4.78, 5) is 15.4. The van der Waals surface area contributed by atoms with Crippen LogP contribution >= 0.6 is 0 Å². The Hall–Kier alpha value is -2.19. The van der Waals surface area contributed by atoms with Crippen molar-refractivity contribution < 1.29 is 13.2 Å². The van der Waals surface area contributed by atoms with Gasteiger partial charge in [-0.25, -0.2) is 8.42 Å². The molecule has 1 aromatic heterocycles. The molecule has 8 heteroatoms. The van der Waals surface area contributed by atoms with E-state index in [2.05, 4.69) is 10.2 Å². The fraction of sp³-hybridized carbons (Fsp3) is 0.524. The molecule has 156 valence electrons. The number of amides is 1. The summed E-state index contributed by atoms with van der Waals surface area (Å²) in [5, 5.41) is 7.09. The highest BCUT2D eigenvalue weighted by Gasteiger charge is 2.37. The zero-order chi connectivity index (χ0) is 20.3. The van der Waals surface area contributed by atoms with Gasteiger partial charge in [-0.2, -0.15) is 9.40 Å². The van der Waals surface area contributed by atoms with E-state index in [0.29, 0.717) is 24.2 Å². The van der Waals surface area contributed by atoms with Gasteiger partial charge in [0.15, 0.2) is 0 Å². The summed E-state index contributed by atoms with van der Waals surface area (Å²) in [6, 6.07) is 8.11. The number of likely N-dealkylation sites (tertiary alicyclic amines) is 1. The molecule has 2 aliphatic heterocycles.